The fourth-order valence-corrected chi connectivity index (χ4v) is 3.57. The van der Waals surface area contributed by atoms with E-state index in [4.69, 9.17) is 9.26 Å². The van der Waals surface area contributed by atoms with Gasteiger partial charge >= 0.3 is 0 Å². The van der Waals surface area contributed by atoms with E-state index in [9.17, 15) is 0 Å². The van der Waals surface area contributed by atoms with Gasteiger partial charge in [0.2, 0.25) is 0 Å². The molecule has 2 aromatic carbocycles. The molecule has 0 saturated heterocycles. The van der Waals surface area contributed by atoms with Crippen LogP contribution >= 0.6 is 11.8 Å². The zero-order valence-electron chi connectivity index (χ0n) is 15.9. The zero-order valence-corrected chi connectivity index (χ0v) is 16.7. The van der Waals surface area contributed by atoms with Gasteiger partial charge in [0.1, 0.15) is 5.75 Å². The Balaban J connectivity index is 1.52. The molecular formula is C21H19N5O2S. The highest BCUT2D eigenvalue weighted by molar-refractivity contribution is 7.98. The summed E-state index contributed by atoms with van der Waals surface area (Å²) in [6.45, 7) is 4.44. The van der Waals surface area contributed by atoms with Gasteiger partial charge in [-0.05, 0) is 36.4 Å². The number of hydrogen-bond donors (Lipinski definition) is 0. The summed E-state index contributed by atoms with van der Waals surface area (Å²) in [6.07, 6.45) is 1.82. The monoisotopic (exact) mass is 405 g/mol. The Morgan fingerprint density at radius 3 is 2.59 bits per heavy atom. The number of methoxy groups -OCH3 is 1. The van der Waals surface area contributed by atoms with Crippen molar-refractivity contribution in [1.29, 1.82) is 0 Å². The van der Waals surface area contributed by atoms with E-state index in [2.05, 4.69) is 26.9 Å². The van der Waals surface area contributed by atoms with Crippen LogP contribution < -0.4 is 4.74 Å². The van der Waals surface area contributed by atoms with E-state index in [-0.39, 0.29) is 0 Å². The van der Waals surface area contributed by atoms with Gasteiger partial charge in [-0.15, -0.1) is 16.8 Å². The Hall–Kier alpha value is -3.39. The molecule has 0 spiro atoms. The molecule has 0 radical (unpaired) electrons. The van der Waals surface area contributed by atoms with E-state index in [1.165, 1.54) is 11.8 Å². The lowest BCUT2D eigenvalue weighted by Gasteiger charge is -2.07. The molecule has 0 unspecified atom stereocenters. The lowest BCUT2D eigenvalue weighted by atomic mass is 10.2. The van der Waals surface area contributed by atoms with Crippen LogP contribution in [0.2, 0.25) is 0 Å². The molecule has 0 amide bonds. The molecular weight excluding hydrogens is 386 g/mol. The third-order valence-corrected chi connectivity index (χ3v) is 5.16. The lowest BCUT2D eigenvalue weighted by Crippen LogP contribution is -2.01. The average molecular weight is 405 g/mol. The predicted molar refractivity (Wildman–Crippen MR) is 112 cm³/mol. The summed E-state index contributed by atoms with van der Waals surface area (Å²) in [4.78, 5) is 4.47. The number of aromatic nitrogens is 5. The Morgan fingerprint density at radius 1 is 1.07 bits per heavy atom. The van der Waals surface area contributed by atoms with E-state index in [1.807, 2.05) is 65.2 Å². The van der Waals surface area contributed by atoms with Gasteiger partial charge in [-0.1, -0.05) is 41.2 Å². The molecule has 0 bridgehead atoms. The number of allylic oxidation sites excluding steroid dienone is 1. The van der Waals surface area contributed by atoms with E-state index in [0.717, 1.165) is 27.9 Å². The molecule has 0 aliphatic heterocycles. The smallest absolute Gasteiger partial charge is 0.257 e. The van der Waals surface area contributed by atoms with E-state index >= 15 is 0 Å². The van der Waals surface area contributed by atoms with Crippen LogP contribution in [-0.4, -0.2) is 32.0 Å². The highest BCUT2D eigenvalue weighted by Gasteiger charge is 2.15. The Kier molecular flexibility index (Phi) is 5.71. The first-order valence-electron chi connectivity index (χ1n) is 8.98. The van der Waals surface area contributed by atoms with Gasteiger partial charge in [0, 0.05) is 17.7 Å². The second-order valence-electron chi connectivity index (χ2n) is 6.10. The molecule has 29 heavy (non-hydrogen) atoms. The predicted octanol–water partition coefficient (Wildman–Crippen LogP) is 4.48. The van der Waals surface area contributed by atoms with Crippen LogP contribution in [0.4, 0.5) is 0 Å². The number of thioether (sulfide) groups is 1. The minimum atomic E-state index is 0.507. The Labute approximate surface area is 172 Å². The fraction of sp³-hybridized carbons (Fsp3) is 0.143. The summed E-state index contributed by atoms with van der Waals surface area (Å²) in [5.41, 5.74) is 1.85. The fourth-order valence-electron chi connectivity index (χ4n) is 2.78. The zero-order chi connectivity index (χ0) is 20.1. The van der Waals surface area contributed by atoms with Crippen molar-refractivity contribution >= 4 is 11.8 Å². The molecule has 0 saturated carbocycles. The SMILES string of the molecule is C=CCn1c(SCc2noc(-c3ccccc3)n2)nnc1-c1ccc(OC)cc1. The molecule has 8 heteroatoms. The summed E-state index contributed by atoms with van der Waals surface area (Å²) >= 11 is 1.50. The molecule has 0 atom stereocenters. The van der Waals surface area contributed by atoms with Crippen molar-refractivity contribution in [3.05, 3.63) is 73.1 Å². The van der Waals surface area contributed by atoms with Crippen LogP contribution in [-0.2, 0) is 12.3 Å². The second-order valence-corrected chi connectivity index (χ2v) is 7.05. The summed E-state index contributed by atoms with van der Waals surface area (Å²) in [6, 6.07) is 17.4. The van der Waals surface area contributed by atoms with Crippen molar-refractivity contribution in [3.8, 4) is 28.6 Å². The van der Waals surface area contributed by atoms with Gasteiger partial charge in [0.15, 0.2) is 16.8 Å². The maximum absolute atomic E-state index is 5.37. The van der Waals surface area contributed by atoms with Crippen LogP contribution in [0.1, 0.15) is 5.82 Å². The summed E-state index contributed by atoms with van der Waals surface area (Å²) in [5, 5.41) is 13.5. The first-order chi connectivity index (χ1) is 14.3. The van der Waals surface area contributed by atoms with Crippen molar-refractivity contribution in [2.75, 3.05) is 7.11 Å². The Morgan fingerprint density at radius 2 is 1.86 bits per heavy atom. The van der Waals surface area contributed by atoms with Gasteiger partial charge in [-0.2, -0.15) is 4.98 Å². The molecule has 0 fully saturated rings. The standard InChI is InChI=1S/C21H19N5O2S/c1-3-13-26-19(15-9-11-17(27-2)12-10-15)23-24-21(26)29-14-18-22-20(28-25-18)16-7-5-4-6-8-16/h3-12H,1,13-14H2,2H3. The third-order valence-electron chi connectivity index (χ3n) is 4.20. The van der Waals surface area contributed by atoms with Crippen molar-refractivity contribution in [2.24, 2.45) is 0 Å². The van der Waals surface area contributed by atoms with E-state index < -0.39 is 0 Å². The highest BCUT2D eigenvalue weighted by Crippen LogP contribution is 2.27. The number of hydrogen-bond acceptors (Lipinski definition) is 7. The molecule has 0 N–H and O–H groups in total. The molecule has 146 valence electrons. The maximum Gasteiger partial charge on any atom is 0.257 e. The minimum Gasteiger partial charge on any atom is -0.497 e. The lowest BCUT2D eigenvalue weighted by molar-refractivity contribution is 0.415. The van der Waals surface area contributed by atoms with Gasteiger partial charge in [-0.25, -0.2) is 0 Å². The van der Waals surface area contributed by atoms with Crippen molar-refractivity contribution in [2.45, 2.75) is 17.5 Å². The van der Waals surface area contributed by atoms with Crippen LogP contribution in [0.15, 0.2) is 76.9 Å². The number of nitrogens with zero attached hydrogens (tertiary/aromatic N) is 5. The third kappa shape index (κ3) is 4.22. The van der Waals surface area contributed by atoms with Gasteiger partial charge in [0.05, 0.1) is 12.9 Å². The van der Waals surface area contributed by atoms with E-state index in [1.54, 1.807) is 7.11 Å². The number of benzene rings is 2. The summed E-state index contributed by atoms with van der Waals surface area (Å²) in [5.74, 6) is 3.20. The number of ether oxygens (including phenoxy) is 1. The van der Waals surface area contributed by atoms with Gasteiger partial charge < -0.3 is 9.26 Å². The van der Waals surface area contributed by atoms with Crippen LogP contribution in [0, 0.1) is 0 Å². The molecule has 0 aliphatic rings. The Bertz CT molecular complexity index is 1090. The highest BCUT2D eigenvalue weighted by atomic mass is 32.2. The second kappa shape index (κ2) is 8.74. The maximum atomic E-state index is 5.37. The molecule has 4 aromatic rings. The van der Waals surface area contributed by atoms with Crippen molar-refractivity contribution in [1.82, 2.24) is 24.9 Å². The van der Waals surface area contributed by atoms with Crippen molar-refractivity contribution < 1.29 is 9.26 Å². The minimum absolute atomic E-state index is 0.507. The van der Waals surface area contributed by atoms with Crippen LogP contribution in [0.5, 0.6) is 5.75 Å². The summed E-state index contributed by atoms with van der Waals surface area (Å²) in [7, 11) is 1.64. The van der Waals surface area contributed by atoms with Gasteiger partial charge in [0.25, 0.3) is 5.89 Å². The summed E-state index contributed by atoms with van der Waals surface area (Å²) < 4.78 is 12.6. The molecule has 0 aliphatic carbocycles. The molecule has 2 aromatic heterocycles. The largest absolute Gasteiger partial charge is 0.497 e. The number of rotatable bonds is 8. The topological polar surface area (TPSA) is 78.9 Å². The molecule has 7 nitrogen and oxygen atoms in total. The first kappa shape index (κ1) is 18.9. The van der Waals surface area contributed by atoms with Gasteiger partial charge in [-0.3, -0.25) is 4.57 Å². The van der Waals surface area contributed by atoms with Crippen LogP contribution in [0.3, 0.4) is 0 Å². The first-order valence-corrected chi connectivity index (χ1v) is 9.96. The van der Waals surface area contributed by atoms with E-state index in [0.29, 0.717) is 24.0 Å². The van der Waals surface area contributed by atoms with Crippen molar-refractivity contribution in [3.63, 3.8) is 0 Å². The van der Waals surface area contributed by atoms with Crippen LogP contribution in [0.25, 0.3) is 22.8 Å². The quantitative estimate of drug-likeness (QED) is 0.316. The average Bonchev–Trinajstić information content (AvgIpc) is 3.41. The molecule has 2 heterocycles. The normalized spacial score (nSPS) is 10.8. The molecule has 4 rings (SSSR count).